The second kappa shape index (κ2) is 6.83. The van der Waals surface area contributed by atoms with Crippen LogP contribution >= 0.6 is 0 Å². The summed E-state index contributed by atoms with van der Waals surface area (Å²) in [4.78, 5) is 27.1. The minimum atomic E-state index is -0.510. The van der Waals surface area contributed by atoms with Crippen LogP contribution in [-0.4, -0.2) is 45.6 Å². The highest BCUT2D eigenvalue weighted by Gasteiger charge is 2.45. The number of amides is 2. The van der Waals surface area contributed by atoms with Crippen LogP contribution in [0.2, 0.25) is 0 Å². The molecular weight excluding hydrogens is 340 g/mol. The van der Waals surface area contributed by atoms with Crippen molar-refractivity contribution in [3.8, 4) is 11.1 Å². The Morgan fingerprint density at radius 3 is 2.30 bits per heavy atom. The smallest absolute Gasteiger partial charge is 0.251 e. The molecule has 4 rings (SSSR count). The second-order valence-electron chi connectivity index (χ2n) is 8.00. The SMILES string of the molecule is C[C@@H](NC(=O)c1ccc(-c2cnn(C)c2)cc1)C(=O)N1CCC2(CC1)CC2. The predicted octanol–water partition coefficient (Wildman–Crippen LogP) is 2.61. The highest BCUT2D eigenvalue weighted by atomic mass is 16.2. The zero-order valence-corrected chi connectivity index (χ0v) is 15.9. The van der Waals surface area contributed by atoms with E-state index in [-0.39, 0.29) is 11.8 Å². The molecule has 1 aromatic heterocycles. The van der Waals surface area contributed by atoms with E-state index in [1.54, 1.807) is 29.9 Å². The van der Waals surface area contributed by atoms with Crippen LogP contribution in [0.15, 0.2) is 36.7 Å². The highest BCUT2D eigenvalue weighted by Crippen LogP contribution is 2.53. The molecule has 2 aromatic rings. The van der Waals surface area contributed by atoms with Gasteiger partial charge in [-0.3, -0.25) is 14.3 Å². The zero-order chi connectivity index (χ0) is 19.0. The van der Waals surface area contributed by atoms with E-state index in [2.05, 4.69) is 10.4 Å². The molecule has 1 saturated heterocycles. The molecule has 0 radical (unpaired) electrons. The average molecular weight is 366 g/mol. The monoisotopic (exact) mass is 366 g/mol. The molecule has 1 atom stereocenters. The van der Waals surface area contributed by atoms with Crippen molar-refractivity contribution in [2.75, 3.05) is 13.1 Å². The van der Waals surface area contributed by atoms with Gasteiger partial charge in [-0.15, -0.1) is 0 Å². The van der Waals surface area contributed by atoms with E-state index in [1.165, 1.54) is 12.8 Å². The van der Waals surface area contributed by atoms with E-state index in [4.69, 9.17) is 0 Å². The molecule has 0 bridgehead atoms. The molecule has 1 N–H and O–H groups in total. The van der Waals surface area contributed by atoms with Gasteiger partial charge in [-0.2, -0.15) is 5.10 Å². The highest BCUT2D eigenvalue weighted by molar-refractivity contribution is 5.97. The standard InChI is InChI=1S/C21H26N4O2/c1-15(20(27)25-11-9-21(7-8-21)10-12-25)23-19(26)17-5-3-16(4-6-17)18-13-22-24(2)14-18/h3-6,13-15H,7-12H2,1-2H3,(H,23,26)/t15-/m1/s1. The lowest BCUT2D eigenvalue weighted by Crippen LogP contribution is -2.49. The number of aromatic nitrogens is 2. The summed E-state index contributed by atoms with van der Waals surface area (Å²) in [5.74, 6) is -0.199. The largest absolute Gasteiger partial charge is 0.341 e. The first kappa shape index (κ1) is 17.8. The molecule has 2 fully saturated rings. The van der Waals surface area contributed by atoms with Crippen LogP contribution < -0.4 is 5.32 Å². The number of rotatable bonds is 4. The Hall–Kier alpha value is -2.63. The van der Waals surface area contributed by atoms with E-state index in [1.807, 2.05) is 30.3 Å². The number of hydrogen-bond donors (Lipinski definition) is 1. The van der Waals surface area contributed by atoms with Gasteiger partial charge in [0.15, 0.2) is 0 Å². The normalized spacial score (nSPS) is 19.0. The zero-order valence-electron chi connectivity index (χ0n) is 15.9. The minimum absolute atomic E-state index is 0.0193. The summed E-state index contributed by atoms with van der Waals surface area (Å²) in [6, 6.07) is 6.86. The van der Waals surface area contributed by atoms with Crippen LogP contribution in [0.5, 0.6) is 0 Å². The Kier molecular flexibility index (Phi) is 4.50. The van der Waals surface area contributed by atoms with Gasteiger partial charge < -0.3 is 10.2 Å². The Morgan fingerprint density at radius 2 is 1.74 bits per heavy atom. The third-order valence-corrected chi connectivity index (χ3v) is 6.00. The third kappa shape index (κ3) is 3.75. The van der Waals surface area contributed by atoms with Crippen molar-refractivity contribution in [2.45, 2.75) is 38.6 Å². The van der Waals surface area contributed by atoms with Gasteiger partial charge in [0.1, 0.15) is 6.04 Å². The summed E-state index contributed by atoms with van der Waals surface area (Å²) in [5, 5.41) is 7.01. The summed E-state index contributed by atoms with van der Waals surface area (Å²) in [6.45, 7) is 3.41. The number of hydrogen-bond acceptors (Lipinski definition) is 3. The lowest BCUT2D eigenvalue weighted by molar-refractivity contribution is -0.134. The fraction of sp³-hybridized carbons (Fsp3) is 0.476. The molecule has 1 aliphatic carbocycles. The molecule has 1 aromatic carbocycles. The molecule has 1 saturated carbocycles. The Labute approximate surface area is 159 Å². The van der Waals surface area contributed by atoms with Crippen molar-refractivity contribution < 1.29 is 9.59 Å². The Bertz CT molecular complexity index is 841. The summed E-state index contributed by atoms with van der Waals surface area (Å²) in [6.07, 6.45) is 8.57. The number of carbonyl (C=O) groups excluding carboxylic acids is 2. The number of likely N-dealkylation sites (tertiary alicyclic amines) is 1. The van der Waals surface area contributed by atoms with Gasteiger partial charge in [0.25, 0.3) is 5.91 Å². The fourth-order valence-corrected chi connectivity index (χ4v) is 3.88. The van der Waals surface area contributed by atoms with E-state index < -0.39 is 6.04 Å². The first-order chi connectivity index (χ1) is 13.0. The quantitative estimate of drug-likeness (QED) is 0.904. The van der Waals surface area contributed by atoms with Crippen LogP contribution in [0, 0.1) is 5.41 Å². The first-order valence-electron chi connectivity index (χ1n) is 9.65. The van der Waals surface area contributed by atoms with Gasteiger partial charge in [-0.1, -0.05) is 12.1 Å². The minimum Gasteiger partial charge on any atom is -0.341 e. The summed E-state index contributed by atoms with van der Waals surface area (Å²) in [7, 11) is 1.87. The third-order valence-electron chi connectivity index (χ3n) is 6.00. The summed E-state index contributed by atoms with van der Waals surface area (Å²) in [5.41, 5.74) is 3.11. The van der Waals surface area contributed by atoms with Gasteiger partial charge in [0.05, 0.1) is 6.20 Å². The lowest BCUT2D eigenvalue weighted by Gasteiger charge is -2.33. The number of nitrogens with one attached hydrogen (secondary N) is 1. The van der Waals surface area contributed by atoms with Gasteiger partial charge in [0, 0.05) is 37.5 Å². The fourth-order valence-electron chi connectivity index (χ4n) is 3.88. The van der Waals surface area contributed by atoms with Crippen LogP contribution in [0.4, 0.5) is 0 Å². The van der Waals surface area contributed by atoms with Crippen molar-refractivity contribution in [1.29, 1.82) is 0 Å². The van der Waals surface area contributed by atoms with Crippen molar-refractivity contribution >= 4 is 11.8 Å². The number of carbonyl (C=O) groups is 2. The second-order valence-corrected chi connectivity index (χ2v) is 8.00. The summed E-state index contributed by atoms with van der Waals surface area (Å²) < 4.78 is 1.74. The van der Waals surface area contributed by atoms with Crippen molar-refractivity contribution in [2.24, 2.45) is 12.5 Å². The maximum atomic E-state index is 12.6. The number of aryl methyl sites for hydroxylation is 1. The van der Waals surface area contributed by atoms with E-state index >= 15 is 0 Å². The van der Waals surface area contributed by atoms with Crippen LogP contribution in [0.25, 0.3) is 11.1 Å². The predicted molar refractivity (Wildman–Crippen MR) is 103 cm³/mol. The Morgan fingerprint density at radius 1 is 1.07 bits per heavy atom. The average Bonchev–Trinajstić information content (AvgIpc) is 3.29. The Balaban J connectivity index is 1.34. The molecule has 27 heavy (non-hydrogen) atoms. The molecule has 2 amide bonds. The van der Waals surface area contributed by atoms with E-state index in [0.717, 1.165) is 37.1 Å². The summed E-state index contributed by atoms with van der Waals surface area (Å²) >= 11 is 0. The molecule has 142 valence electrons. The maximum absolute atomic E-state index is 12.6. The maximum Gasteiger partial charge on any atom is 0.251 e. The van der Waals surface area contributed by atoms with Crippen molar-refractivity contribution in [3.63, 3.8) is 0 Å². The van der Waals surface area contributed by atoms with Crippen LogP contribution in [0.3, 0.4) is 0 Å². The van der Waals surface area contributed by atoms with Crippen LogP contribution in [-0.2, 0) is 11.8 Å². The van der Waals surface area contributed by atoms with Crippen LogP contribution in [0.1, 0.15) is 43.0 Å². The number of piperidine rings is 1. The lowest BCUT2D eigenvalue weighted by atomic mass is 9.93. The van der Waals surface area contributed by atoms with E-state index in [0.29, 0.717) is 11.0 Å². The van der Waals surface area contributed by atoms with Crippen molar-refractivity contribution in [1.82, 2.24) is 20.0 Å². The van der Waals surface area contributed by atoms with E-state index in [9.17, 15) is 9.59 Å². The molecule has 0 unspecified atom stereocenters. The van der Waals surface area contributed by atoms with Gasteiger partial charge in [0.2, 0.25) is 5.91 Å². The molecule has 1 spiro atoms. The molecule has 2 aliphatic rings. The number of benzene rings is 1. The molecule has 2 heterocycles. The molecule has 6 nitrogen and oxygen atoms in total. The first-order valence-corrected chi connectivity index (χ1v) is 9.65. The molecule has 6 heteroatoms. The topological polar surface area (TPSA) is 67.2 Å². The van der Waals surface area contributed by atoms with Gasteiger partial charge in [-0.05, 0) is 55.7 Å². The van der Waals surface area contributed by atoms with Gasteiger partial charge >= 0.3 is 0 Å². The molecular formula is C21H26N4O2. The number of nitrogens with zero attached hydrogens (tertiary/aromatic N) is 3. The van der Waals surface area contributed by atoms with Gasteiger partial charge in [-0.25, -0.2) is 0 Å². The molecule has 1 aliphatic heterocycles. The van der Waals surface area contributed by atoms with Crippen molar-refractivity contribution in [3.05, 3.63) is 42.2 Å².